The summed E-state index contributed by atoms with van der Waals surface area (Å²) in [5, 5.41) is 62.6. The van der Waals surface area contributed by atoms with Crippen LogP contribution in [0.4, 0.5) is 0 Å². The van der Waals surface area contributed by atoms with Gasteiger partial charge in [0, 0.05) is 6.42 Å². The van der Waals surface area contributed by atoms with Crippen molar-refractivity contribution in [2.24, 2.45) is 0 Å². The summed E-state index contributed by atoms with van der Waals surface area (Å²) in [5.41, 5.74) is 0. The zero-order chi connectivity index (χ0) is 14.5. The number of aliphatic hydroxyl groups excluding tert-OH is 6. The Bertz CT molecular complexity index is 292. The average Bonchev–Trinajstić information content (AvgIpc) is 2.34. The number of carboxylic acid groups (broad SMARTS) is 1. The molecule has 0 radical (unpaired) electrons. The molecule has 0 spiro atoms. The van der Waals surface area contributed by atoms with Crippen LogP contribution in [-0.2, 0) is 9.59 Å². The molecule has 0 aliphatic rings. The van der Waals surface area contributed by atoms with Gasteiger partial charge in [0.1, 0.15) is 18.3 Å². The van der Waals surface area contributed by atoms with Crippen molar-refractivity contribution < 1.29 is 45.3 Å². The van der Waals surface area contributed by atoms with E-state index in [0.717, 1.165) is 0 Å². The molecule has 0 aromatic carbocycles. The fourth-order valence-electron chi connectivity index (χ4n) is 1.18. The van der Waals surface area contributed by atoms with Crippen molar-refractivity contribution in [2.75, 3.05) is 6.61 Å². The number of hydrogen-bond acceptors (Lipinski definition) is 8. The number of carbonyl (C=O) groups excluding carboxylic acids is 1. The van der Waals surface area contributed by atoms with Gasteiger partial charge in [-0.1, -0.05) is 0 Å². The quantitative estimate of drug-likeness (QED) is 0.215. The maximum Gasteiger partial charge on any atom is 0.375 e. The van der Waals surface area contributed by atoms with E-state index in [1.807, 2.05) is 0 Å². The summed E-state index contributed by atoms with van der Waals surface area (Å²) in [6.45, 7) is -0.842. The first-order valence-electron chi connectivity index (χ1n) is 5.00. The molecule has 0 amide bonds. The molecule has 0 saturated carbocycles. The predicted molar refractivity (Wildman–Crippen MR) is 54.4 cm³/mol. The van der Waals surface area contributed by atoms with Crippen molar-refractivity contribution in [3.8, 4) is 0 Å². The van der Waals surface area contributed by atoms with E-state index in [0.29, 0.717) is 0 Å². The standard InChI is InChI=1S/C9H16O9/c10-2-5(13)6(14)3(11)1-4(12)7(15)8(16)9(17)18/h3-7,10-15H,1-2H2,(H,17,18)/t3-,4+,5+,6+,7-/m1/s1. The maximum absolute atomic E-state index is 10.8. The van der Waals surface area contributed by atoms with Gasteiger partial charge in [0.05, 0.1) is 18.8 Å². The number of rotatable bonds is 8. The minimum atomic E-state index is -2.25. The van der Waals surface area contributed by atoms with Gasteiger partial charge in [0.25, 0.3) is 5.78 Å². The van der Waals surface area contributed by atoms with E-state index in [9.17, 15) is 24.9 Å². The monoisotopic (exact) mass is 268 g/mol. The zero-order valence-electron chi connectivity index (χ0n) is 9.25. The molecule has 5 atom stereocenters. The summed E-state index contributed by atoms with van der Waals surface area (Å²) in [6.07, 6.45) is -10.2. The summed E-state index contributed by atoms with van der Waals surface area (Å²) < 4.78 is 0. The number of ketones is 1. The number of carbonyl (C=O) groups is 2. The molecule has 0 rings (SSSR count). The highest BCUT2D eigenvalue weighted by Crippen LogP contribution is 2.10. The van der Waals surface area contributed by atoms with Crippen LogP contribution in [0.1, 0.15) is 6.42 Å². The molecule has 0 unspecified atom stereocenters. The Labute approximate surface area is 102 Å². The van der Waals surface area contributed by atoms with Gasteiger partial charge in [-0.2, -0.15) is 0 Å². The Kier molecular flexibility index (Phi) is 6.91. The average molecular weight is 268 g/mol. The number of hydrogen-bond donors (Lipinski definition) is 7. The van der Waals surface area contributed by atoms with E-state index in [1.165, 1.54) is 0 Å². The lowest BCUT2D eigenvalue weighted by atomic mass is 9.98. The molecule has 9 heteroatoms. The summed E-state index contributed by atoms with van der Waals surface area (Å²) in [5.74, 6) is -3.61. The number of aliphatic hydroxyl groups is 6. The van der Waals surface area contributed by atoms with Gasteiger partial charge in [-0.25, -0.2) is 4.79 Å². The number of aliphatic carboxylic acids is 1. The molecule has 0 heterocycles. The molecule has 0 fully saturated rings. The lowest BCUT2D eigenvalue weighted by molar-refractivity contribution is -0.157. The molecule has 0 aliphatic heterocycles. The third-order valence-corrected chi connectivity index (χ3v) is 2.30. The predicted octanol–water partition coefficient (Wildman–Crippen LogP) is -4.17. The van der Waals surface area contributed by atoms with Crippen LogP contribution in [0.15, 0.2) is 0 Å². The molecular weight excluding hydrogens is 252 g/mol. The molecule has 18 heavy (non-hydrogen) atoms. The van der Waals surface area contributed by atoms with Gasteiger partial charge < -0.3 is 35.7 Å². The summed E-state index contributed by atoms with van der Waals surface area (Å²) in [4.78, 5) is 21.0. The van der Waals surface area contributed by atoms with Crippen molar-refractivity contribution in [1.29, 1.82) is 0 Å². The Morgan fingerprint density at radius 2 is 1.39 bits per heavy atom. The minimum absolute atomic E-state index is 0.752. The highest BCUT2D eigenvalue weighted by molar-refractivity contribution is 6.34. The van der Waals surface area contributed by atoms with Gasteiger partial charge in [-0.15, -0.1) is 0 Å². The molecule has 0 aliphatic carbocycles. The fourth-order valence-corrected chi connectivity index (χ4v) is 1.18. The first-order valence-corrected chi connectivity index (χ1v) is 5.00. The maximum atomic E-state index is 10.8. The first kappa shape index (κ1) is 16.9. The molecule has 0 saturated heterocycles. The molecule has 106 valence electrons. The molecule has 0 aromatic heterocycles. The van der Waals surface area contributed by atoms with Crippen molar-refractivity contribution in [1.82, 2.24) is 0 Å². The highest BCUT2D eigenvalue weighted by Gasteiger charge is 2.33. The van der Waals surface area contributed by atoms with Crippen LogP contribution >= 0.6 is 0 Å². The zero-order valence-corrected chi connectivity index (χ0v) is 9.25. The van der Waals surface area contributed by atoms with Gasteiger partial charge >= 0.3 is 5.97 Å². The van der Waals surface area contributed by atoms with Crippen LogP contribution in [0.2, 0.25) is 0 Å². The summed E-state index contributed by atoms with van der Waals surface area (Å²) in [7, 11) is 0. The molecule has 7 N–H and O–H groups in total. The van der Waals surface area contributed by atoms with E-state index >= 15 is 0 Å². The topological polar surface area (TPSA) is 176 Å². The Morgan fingerprint density at radius 1 is 0.889 bits per heavy atom. The van der Waals surface area contributed by atoms with E-state index in [1.54, 1.807) is 0 Å². The van der Waals surface area contributed by atoms with E-state index in [2.05, 4.69) is 0 Å². The Hall–Kier alpha value is -1.10. The third kappa shape index (κ3) is 4.64. The van der Waals surface area contributed by atoms with Gasteiger partial charge in [0.2, 0.25) is 0 Å². The Balaban J connectivity index is 4.43. The molecule has 0 aromatic rings. The van der Waals surface area contributed by atoms with Crippen molar-refractivity contribution in [2.45, 2.75) is 36.9 Å². The molecule has 0 bridgehead atoms. The van der Waals surface area contributed by atoms with Crippen LogP contribution in [0.5, 0.6) is 0 Å². The minimum Gasteiger partial charge on any atom is -0.475 e. The normalized spacial score (nSPS) is 19.7. The second-order valence-corrected chi connectivity index (χ2v) is 3.73. The van der Waals surface area contributed by atoms with Crippen LogP contribution in [0, 0.1) is 0 Å². The largest absolute Gasteiger partial charge is 0.475 e. The van der Waals surface area contributed by atoms with Gasteiger partial charge in [0.15, 0.2) is 0 Å². The highest BCUT2D eigenvalue weighted by atomic mass is 16.4. The van der Waals surface area contributed by atoms with Crippen molar-refractivity contribution in [3.63, 3.8) is 0 Å². The smallest absolute Gasteiger partial charge is 0.375 e. The van der Waals surface area contributed by atoms with Crippen LogP contribution in [0.3, 0.4) is 0 Å². The first-order chi connectivity index (χ1) is 8.22. The second kappa shape index (κ2) is 7.36. The SMILES string of the molecule is O=C(O)C(=O)[C@H](O)[C@@H](O)C[C@@H](O)[C@H](O)[C@@H](O)CO. The van der Waals surface area contributed by atoms with Crippen molar-refractivity contribution >= 4 is 11.8 Å². The molecular formula is C9H16O9. The van der Waals surface area contributed by atoms with E-state index in [4.69, 9.17) is 20.4 Å². The lowest BCUT2D eigenvalue weighted by Gasteiger charge is -2.24. The van der Waals surface area contributed by atoms with Gasteiger partial charge in [-0.3, -0.25) is 4.79 Å². The van der Waals surface area contributed by atoms with Crippen LogP contribution in [0.25, 0.3) is 0 Å². The third-order valence-electron chi connectivity index (χ3n) is 2.30. The van der Waals surface area contributed by atoms with Crippen LogP contribution in [-0.4, -0.2) is 84.6 Å². The lowest BCUT2D eigenvalue weighted by Crippen LogP contribution is -2.45. The summed E-state index contributed by atoms with van der Waals surface area (Å²) in [6, 6.07) is 0. The fraction of sp³-hybridized carbons (Fsp3) is 0.778. The van der Waals surface area contributed by atoms with Crippen molar-refractivity contribution in [3.05, 3.63) is 0 Å². The van der Waals surface area contributed by atoms with E-state index in [-0.39, 0.29) is 0 Å². The molecule has 9 nitrogen and oxygen atoms in total. The summed E-state index contributed by atoms with van der Waals surface area (Å²) >= 11 is 0. The Morgan fingerprint density at radius 3 is 1.78 bits per heavy atom. The van der Waals surface area contributed by atoms with E-state index < -0.39 is 55.3 Å². The number of Topliss-reactive ketones (excluding diaryl/α,β-unsaturated/α-hetero) is 1. The number of carboxylic acids is 1. The van der Waals surface area contributed by atoms with Gasteiger partial charge in [-0.05, 0) is 0 Å². The second-order valence-electron chi connectivity index (χ2n) is 3.73. The van der Waals surface area contributed by atoms with Crippen LogP contribution < -0.4 is 0 Å².